The van der Waals surface area contributed by atoms with Gasteiger partial charge in [0.25, 0.3) is 5.91 Å². The Labute approximate surface area is 149 Å². The molecule has 0 saturated carbocycles. The number of hydrazone groups is 1. The lowest BCUT2D eigenvalue weighted by atomic mass is 10.2. The van der Waals surface area contributed by atoms with Crippen molar-refractivity contribution in [3.8, 4) is 10.6 Å². The molecule has 0 saturated heterocycles. The summed E-state index contributed by atoms with van der Waals surface area (Å²) in [7, 11) is 0. The summed E-state index contributed by atoms with van der Waals surface area (Å²) in [5.41, 5.74) is 3.18. The van der Waals surface area contributed by atoms with Gasteiger partial charge >= 0.3 is 5.69 Å². The lowest BCUT2D eigenvalue weighted by Crippen LogP contribution is -2.24. The Morgan fingerprint density at radius 2 is 2.08 bits per heavy atom. The first-order valence-corrected chi connectivity index (χ1v) is 8.53. The summed E-state index contributed by atoms with van der Waals surface area (Å²) in [4.78, 5) is 30.9. The number of rotatable bonds is 4. The molecule has 0 radical (unpaired) electrons. The molecule has 1 amide bonds. The third-order valence-corrected chi connectivity index (χ3v) is 4.45. The van der Waals surface area contributed by atoms with Gasteiger partial charge in [-0.1, -0.05) is 34.1 Å². The first kappa shape index (κ1) is 16.3. The second kappa shape index (κ2) is 7.33. The maximum Gasteiger partial charge on any atom is 0.346 e. The number of hydrogen-bond acceptors (Lipinski definition) is 5. The average molecular weight is 403 g/mol. The SMILES string of the molecule is O=C(N/N=C/c1ccc(Br)cc1)c1cc(-c2cccs2)[nH]c(=O)n1. The van der Waals surface area contributed by atoms with E-state index in [2.05, 4.69) is 36.4 Å². The van der Waals surface area contributed by atoms with Crippen LogP contribution in [-0.4, -0.2) is 22.1 Å². The number of aromatic amines is 1. The van der Waals surface area contributed by atoms with Crippen LogP contribution in [0.25, 0.3) is 10.6 Å². The number of benzene rings is 1. The fraction of sp³-hybridized carbons (Fsp3) is 0. The molecule has 0 atom stereocenters. The molecule has 8 heteroatoms. The largest absolute Gasteiger partial charge is 0.346 e. The van der Waals surface area contributed by atoms with Crippen LogP contribution in [-0.2, 0) is 0 Å². The molecule has 0 fully saturated rings. The van der Waals surface area contributed by atoms with Gasteiger partial charge in [0, 0.05) is 4.47 Å². The van der Waals surface area contributed by atoms with Gasteiger partial charge in [0.2, 0.25) is 0 Å². The Morgan fingerprint density at radius 1 is 1.29 bits per heavy atom. The number of aromatic nitrogens is 2. The van der Waals surface area contributed by atoms with E-state index in [-0.39, 0.29) is 5.69 Å². The van der Waals surface area contributed by atoms with E-state index in [0.717, 1.165) is 14.9 Å². The Morgan fingerprint density at radius 3 is 2.79 bits per heavy atom. The third-order valence-electron chi connectivity index (χ3n) is 3.01. The summed E-state index contributed by atoms with van der Waals surface area (Å²) in [6.07, 6.45) is 1.51. The molecule has 120 valence electrons. The predicted molar refractivity (Wildman–Crippen MR) is 97.4 cm³/mol. The number of nitrogens with one attached hydrogen (secondary N) is 2. The highest BCUT2D eigenvalue weighted by atomic mass is 79.9. The minimum absolute atomic E-state index is 0.00936. The molecule has 0 aliphatic rings. The first-order chi connectivity index (χ1) is 11.6. The number of carbonyl (C=O) groups is 1. The number of halogens is 1. The van der Waals surface area contributed by atoms with Crippen molar-refractivity contribution in [1.29, 1.82) is 0 Å². The van der Waals surface area contributed by atoms with Gasteiger partial charge < -0.3 is 4.98 Å². The highest BCUT2D eigenvalue weighted by molar-refractivity contribution is 9.10. The second-order valence-electron chi connectivity index (χ2n) is 4.71. The van der Waals surface area contributed by atoms with Gasteiger partial charge in [-0.25, -0.2) is 10.2 Å². The Bertz CT molecular complexity index is 933. The summed E-state index contributed by atoms with van der Waals surface area (Å²) < 4.78 is 0.956. The zero-order valence-electron chi connectivity index (χ0n) is 12.2. The smallest absolute Gasteiger partial charge is 0.305 e. The zero-order valence-corrected chi connectivity index (χ0v) is 14.6. The highest BCUT2D eigenvalue weighted by Crippen LogP contribution is 2.21. The average Bonchev–Trinajstić information content (AvgIpc) is 3.10. The normalized spacial score (nSPS) is 10.9. The van der Waals surface area contributed by atoms with Crippen molar-refractivity contribution in [2.24, 2.45) is 5.10 Å². The molecule has 0 bridgehead atoms. The standard InChI is InChI=1S/C16H11BrN4O2S/c17-11-5-3-10(4-6-11)9-18-21-15(22)13-8-12(19-16(23)20-13)14-2-1-7-24-14/h1-9H,(H,21,22)(H,19,20,23)/b18-9+. The molecular formula is C16H11BrN4O2S. The van der Waals surface area contributed by atoms with Gasteiger partial charge in [0.1, 0.15) is 5.69 Å². The van der Waals surface area contributed by atoms with E-state index < -0.39 is 11.6 Å². The fourth-order valence-electron chi connectivity index (χ4n) is 1.91. The minimum Gasteiger partial charge on any atom is -0.305 e. The molecule has 2 heterocycles. The minimum atomic E-state index is -0.581. The van der Waals surface area contributed by atoms with Gasteiger partial charge in [0.05, 0.1) is 16.8 Å². The van der Waals surface area contributed by atoms with Gasteiger partial charge in [-0.3, -0.25) is 4.79 Å². The third kappa shape index (κ3) is 4.03. The van der Waals surface area contributed by atoms with Crippen LogP contribution < -0.4 is 11.1 Å². The molecule has 1 aromatic carbocycles. The van der Waals surface area contributed by atoms with Crippen LogP contribution in [0.4, 0.5) is 0 Å². The molecule has 24 heavy (non-hydrogen) atoms. The van der Waals surface area contributed by atoms with Gasteiger partial charge in [-0.05, 0) is 35.2 Å². The van der Waals surface area contributed by atoms with Crippen LogP contribution in [0.15, 0.2) is 62.2 Å². The van der Waals surface area contributed by atoms with E-state index >= 15 is 0 Å². The predicted octanol–water partition coefficient (Wildman–Crippen LogP) is 3.02. The number of H-pyrrole nitrogens is 1. The summed E-state index contributed by atoms with van der Waals surface area (Å²) in [6.45, 7) is 0. The van der Waals surface area contributed by atoms with E-state index in [0.29, 0.717) is 5.69 Å². The molecule has 0 aliphatic heterocycles. The van der Waals surface area contributed by atoms with Crippen LogP contribution in [0.5, 0.6) is 0 Å². The molecule has 3 aromatic rings. The maximum absolute atomic E-state index is 12.1. The van der Waals surface area contributed by atoms with Crippen molar-refractivity contribution in [3.63, 3.8) is 0 Å². The molecule has 0 aliphatic carbocycles. The molecule has 2 aromatic heterocycles. The van der Waals surface area contributed by atoms with E-state index in [1.165, 1.54) is 23.6 Å². The summed E-state index contributed by atoms with van der Waals surface area (Å²) >= 11 is 4.80. The quantitative estimate of drug-likeness (QED) is 0.519. The van der Waals surface area contributed by atoms with E-state index in [1.807, 2.05) is 41.8 Å². The summed E-state index contributed by atoms with van der Waals surface area (Å²) in [6, 6.07) is 12.7. The van der Waals surface area contributed by atoms with E-state index in [1.54, 1.807) is 0 Å². The Kier molecular flexibility index (Phi) is 4.97. The van der Waals surface area contributed by atoms with Gasteiger partial charge in [-0.15, -0.1) is 11.3 Å². The van der Waals surface area contributed by atoms with Crippen molar-refractivity contribution >= 4 is 39.4 Å². The van der Waals surface area contributed by atoms with E-state index in [9.17, 15) is 9.59 Å². The summed E-state index contributed by atoms with van der Waals surface area (Å²) in [5.74, 6) is -0.549. The number of amides is 1. The molecule has 6 nitrogen and oxygen atoms in total. The first-order valence-electron chi connectivity index (χ1n) is 6.86. The number of hydrogen-bond donors (Lipinski definition) is 2. The second-order valence-corrected chi connectivity index (χ2v) is 6.58. The van der Waals surface area contributed by atoms with Crippen LogP contribution in [0.2, 0.25) is 0 Å². The van der Waals surface area contributed by atoms with Gasteiger partial charge in [-0.2, -0.15) is 10.1 Å². The zero-order chi connectivity index (χ0) is 16.9. The van der Waals surface area contributed by atoms with Gasteiger partial charge in [0.15, 0.2) is 0 Å². The highest BCUT2D eigenvalue weighted by Gasteiger charge is 2.10. The molecule has 0 unspecified atom stereocenters. The number of nitrogens with zero attached hydrogens (tertiary/aromatic N) is 2. The molecule has 0 spiro atoms. The molecule has 2 N–H and O–H groups in total. The van der Waals surface area contributed by atoms with Crippen LogP contribution in [0.3, 0.4) is 0 Å². The lowest BCUT2D eigenvalue weighted by molar-refractivity contribution is 0.0949. The topological polar surface area (TPSA) is 87.2 Å². The van der Waals surface area contributed by atoms with Crippen molar-refractivity contribution < 1.29 is 4.79 Å². The van der Waals surface area contributed by atoms with Crippen LogP contribution in [0, 0.1) is 0 Å². The Balaban J connectivity index is 1.75. The Hall–Kier alpha value is -2.58. The number of thiophene rings is 1. The van der Waals surface area contributed by atoms with Crippen LogP contribution in [0.1, 0.15) is 16.1 Å². The summed E-state index contributed by atoms with van der Waals surface area (Å²) in [5, 5.41) is 5.77. The monoisotopic (exact) mass is 402 g/mol. The van der Waals surface area contributed by atoms with E-state index in [4.69, 9.17) is 0 Å². The number of carbonyl (C=O) groups excluding carboxylic acids is 1. The maximum atomic E-state index is 12.1. The van der Waals surface area contributed by atoms with Crippen LogP contribution >= 0.6 is 27.3 Å². The van der Waals surface area contributed by atoms with Crippen molar-refractivity contribution in [2.75, 3.05) is 0 Å². The molecule has 3 rings (SSSR count). The van der Waals surface area contributed by atoms with Crippen molar-refractivity contribution in [2.45, 2.75) is 0 Å². The fourth-order valence-corrected chi connectivity index (χ4v) is 2.87. The van der Waals surface area contributed by atoms with Crippen molar-refractivity contribution in [3.05, 3.63) is 74.1 Å². The molecular weight excluding hydrogens is 392 g/mol. The van der Waals surface area contributed by atoms with Crippen molar-refractivity contribution in [1.82, 2.24) is 15.4 Å². The lowest BCUT2D eigenvalue weighted by Gasteiger charge is -2.01.